The molecule has 0 aliphatic carbocycles. The van der Waals surface area contributed by atoms with Crippen LogP contribution in [0.25, 0.3) is 27.7 Å². The summed E-state index contributed by atoms with van der Waals surface area (Å²) in [5.74, 6) is 0.639. The lowest BCUT2D eigenvalue weighted by Gasteiger charge is -2.23. The van der Waals surface area contributed by atoms with Crippen LogP contribution in [0.15, 0.2) is 42.6 Å². The van der Waals surface area contributed by atoms with E-state index in [9.17, 15) is 5.26 Å². The predicted molar refractivity (Wildman–Crippen MR) is 114 cm³/mol. The molecule has 6 nitrogen and oxygen atoms in total. The summed E-state index contributed by atoms with van der Waals surface area (Å²) in [5, 5.41) is 10.8. The lowest BCUT2D eigenvalue weighted by atomic mass is 10.0. The fraction of sp³-hybridized carbons (Fsp3) is 0.333. The fourth-order valence-corrected chi connectivity index (χ4v) is 4.08. The average Bonchev–Trinajstić information content (AvgIpc) is 3.25. The summed E-state index contributed by atoms with van der Waals surface area (Å²) in [5.41, 5.74) is 5.74. The first-order chi connectivity index (χ1) is 14.8. The molecule has 2 aliphatic rings. The van der Waals surface area contributed by atoms with Crippen molar-refractivity contribution in [3.05, 3.63) is 53.9 Å². The van der Waals surface area contributed by atoms with Crippen molar-refractivity contribution in [3.8, 4) is 22.9 Å². The molecular formula is C24H23N3O3. The summed E-state index contributed by atoms with van der Waals surface area (Å²) in [7, 11) is 0. The maximum absolute atomic E-state index is 9.71. The maximum atomic E-state index is 9.71. The van der Waals surface area contributed by atoms with Crippen molar-refractivity contribution in [1.82, 2.24) is 9.97 Å². The van der Waals surface area contributed by atoms with Crippen LogP contribution in [-0.2, 0) is 9.47 Å². The van der Waals surface area contributed by atoms with E-state index < -0.39 is 0 Å². The zero-order valence-electron chi connectivity index (χ0n) is 16.7. The van der Waals surface area contributed by atoms with Crippen molar-refractivity contribution in [3.63, 3.8) is 0 Å². The van der Waals surface area contributed by atoms with Crippen molar-refractivity contribution in [2.45, 2.75) is 25.4 Å². The smallest absolute Gasteiger partial charge is 0.138 e. The zero-order chi connectivity index (χ0) is 20.3. The van der Waals surface area contributed by atoms with Gasteiger partial charge in [-0.2, -0.15) is 5.26 Å². The predicted octanol–water partition coefficient (Wildman–Crippen LogP) is 4.46. The second kappa shape index (κ2) is 8.31. The molecule has 0 amide bonds. The molecule has 0 bridgehead atoms. The standard InChI is InChI=1S/C24H23N3O3/c25-15-18-13-17(1-2-23(18)30-19-6-11-29-12-7-19)20-3-8-26-24-21(20)14-22(27-24)16-4-9-28-10-5-16/h1-4,8,13-14,19H,5-7,9-12H2,(H,26,27). The number of hydrogen-bond donors (Lipinski definition) is 1. The van der Waals surface area contributed by atoms with E-state index in [0.29, 0.717) is 31.1 Å². The third kappa shape index (κ3) is 3.70. The number of rotatable bonds is 4. The van der Waals surface area contributed by atoms with Gasteiger partial charge in [-0.05, 0) is 47.4 Å². The molecule has 6 heteroatoms. The highest BCUT2D eigenvalue weighted by Gasteiger charge is 2.18. The Bertz CT molecular complexity index is 1140. The van der Waals surface area contributed by atoms with Gasteiger partial charge in [-0.1, -0.05) is 12.1 Å². The van der Waals surface area contributed by atoms with Gasteiger partial charge in [0.05, 0.1) is 32.0 Å². The van der Waals surface area contributed by atoms with E-state index in [1.807, 2.05) is 24.3 Å². The number of aromatic amines is 1. The number of benzene rings is 1. The van der Waals surface area contributed by atoms with Gasteiger partial charge in [-0.15, -0.1) is 0 Å². The van der Waals surface area contributed by atoms with Crippen LogP contribution in [0.1, 0.15) is 30.5 Å². The van der Waals surface area contributed by atoms with Gasteiger partial charge in [-0.3, -0.25) is 0 Å². The molecule has 1 N–H and O–H groups in total. The molecule has 0 unspecified atom stereocenters. The Morgan fingerprint density at radius 1 is 1.10 bits per heavy atom. The molecule has 30 heavy (non-hydrogen) atoms. The van der Waals surface area contributed by atoms with Crippen molar-refractivity contribution < 1.29 is 14.2 Å². The van der Waals surface area contributed by atoms with Crippen LogP contribution < -0.4 is 4.74 Å². The number of pyridine rings is 1. The molecule has 0 atom stereocenters. The van der Waals surface area contributed by atoms with Crippen molar-refractivity contribution in [2.75, 3.05) is 26.4 Å². The van der Waals surface area contributed by atoms with Crippen LogP contribution >= 0.6 is 0 Å². The number of fused-ring (bicyclic) bond motifs is 1. The van der Waals surface area contributed by atoms with Gasteiger partial charge in [0.25, 0.3) is 0 Å². The van der Waals surface area contributed by atoms with E-state index in [0.717, 1.165) is 53.7 Å². The van der Waals surface area contributed by atoms with E-state index in [2.05, 4.69) is 28.2 Å². The zero-order valence-corrected chi connectivity index (χ0v) is 16.7. The normalized spacial score (nSPS) is 17.5. The summed E-state index contributed by atoms with van der Waals surface area (Å²) in [6.45, 7) is 2.79. The van der Waals surface area contributed by atoms with Gasteiger partial charge < -0.3 is 19.2 Å². The highest BCUT2D eigenvalue weighted by molar-refractivity contribution is 5.95. The second-order valence-corrected chi connectivity index (χ2v) is 7.61. The summed E-state index contributed by atoms with van der Waals surface area (Å²) in [6, 6.07) is 12.3. The van der Waals surface area contributed by atoms with Crippen molar-refractivity contribution >= 4 is 16.6 Å². The third-order valence-electron chi connectivity index (χ3n) is 5.71. The van der Waals surface area contributed by atoms with Gasteiger partial charge in [0.1, 0.15) is 23.6 Å². The van der Waals surface area contributed by atoms with Gasteiger partial charge in [0.2, 0.25) is 0 Å². The number of ether oxygens (including phenoxy) is 3. The lowest BCUT2D eigenvalue weighted by Crippen LogP contribution is -2.26. The first-order valence-electron chi connectivity index (χ1n) is 10.4. The minimum Gasteiger partial charge on any atom is -0.489 e. The molecule has 5 rings (SSSR count). The first kappa shape index (κ1) is 18.9. The van der Waals surface area contributed by atoms with Gasteiger partial charge >= 0.3 is 0 Å². The van der Waals surface area contributed by atoms with Crippen LogP contribution in [0.4, 0.5) is 0 Å². The van der Waals surface area contributed by atoms with Crippen LogP contribution in [0.3, 0.4) is 0 Å². The Labute approximate surface area is 175 Å². The summed E-state index contributed by atoms with van der Waals surface area (Å²) >= 11 is 0. The number of aromatic nitrogens is 2. The van der Waals surface area contributed by atoms with E-state index in [4.69, 9.17) is 14.2 Å². The van der Waals surface area contributed by atoms with E-state index in [-0.39, 0.29) is 6.10 Å². The molecule has 1 fully saturated rings. The fourth-order valence-electron chi connectivity index (χ4n) is 4.08. The first-order valence-corrected chi connectivity index (χ1v) is 10.4. The second-order valence-electron chi connectivity index (χ2n) is 7.61. The number of nitrogens with one attached hydrogen (secondary N) is 1. The largest absolute Gasteiger partial charge is 0.489 e. The molecular weight excluding hydrogens is 378 g/mol. The van der Waals surface area contributed by atoms with Gasteiger partial charge in [0, 0.05) is 30.1 Å². The highest BCUT2D eigenvalue weighted by Crippen LogP contribution is 2.34. The maximum Gasteiger partial charge on any atom is 0.138 e. The minimum absolute atomic E-state index is 0.101. The lowest BCUT2D eigenvalue weighted by molar-refractivity contribution is 0.0254. The molecule has 0 saturated carbocycles. The Morgan fingerprint density at radius 2 is 2.00 bits per heavy atom. The van der Waals surface area contributed by atoms with Crippen molar-refractivity contribution in [1.29, 1.82) is 5.26 Å². The van der Waals surface area contributed by atoms with Crippen molar-refractivity contribution in [2.24, 2.45) is 0 Å². The monoisotopic (exact) mass is 401 g/mol. The topological polar surface area (TPSA) is 80.2 Å². The van der Waals surface area contributed by atoms with E-state index in [1.165, 1.54) is 5.57 Å². The Morgan fingerprint density at radius 3 is 2.80 bits per heavy atom. The van der Waals surface area contributed by atoms with Crippen LogP contribution in [0.2, 0.25) is 0 Å². The molecule has 3 aromatic rings. The van der Waals surface area contributed by atoms with Gasteiger partial charge in [-0.25, -0.2) is 4.98 Å². The minimum atomic E-state index is 0.101. The average molecular weight is 401 g/mol. The molecule has 0 radical (unpaired) electrons. The van der Waals surface area contributed by atoms with E-state index in [1.54, 1.807) is 6.20 Å². The number of nitriles is 1. The Hall–Kier alpha value is -3.14. The van der Waals surface area contributed by atoms with Crippen LogP contribution in [-0.4, -0.2) is 42.5 Å². The van der Waals surface area contributed by atoms with Gasteiger partial charge in [0.15, 0.2) is 0 Å². The molecule has 1 aromatic carbocycles. The Balaban J connectivity index is 1.49. The third-order valence-corrected chi connectivity index (χ3v) is 5.71. The quantitative estimate of drug-likeness (QED) is 0.698. The summed E-state index contributed by atoms with van der Waals surface area (Å²) in [6.07, 6.45) is 6.61. The molecule has 2 aromatic heterocycles. The Kier molecular flexibility index (Phi) is 5.22. The highest BCUT2D eigenvalue weighted by atomic mass is 16.5. The molecule has 1 saturated heterocycles. The summed E-state index contributed by atoms with van der Waals surface area (Å²) in [4.78, 5) is 7.94. The number of hydrogen-bond acceptors (Lipinski definition) is 5. The van der Waals surface area contributed by atoms with Crippen LogP contribution in [0.5, 0.6) is 5.75 Å². The molecule has 152 valence electrons. The SMILES string of the molecule is N#Cc1cc(-c2ccnc3[nH]c(C4=CCOCC4)cc23)ccc1OC1CCOCC1. The number of nitrogens with zero attached hydrogens (tertiary/aromatic N) is 2. The number of H-pyrrole nitrogens is 1. The molecule has 4 heterocycles. The van der Waals surface area contributed by atoms with E-state index >= 15 is 0 Å². The summed E-state index contributed by atoms with van der Waals surface area (Å²) < 4.78 is 16.9. The van der Waals surface area contributed by atoms with Crippen LogP contribution in [0, 0.1) is 11.3 Å². The molecule has 0 spiro atoms. The molecule has 2 aliphatic heterocycles.